The third-order valence-corrected chi connectivity index (χ3v) is 3.02. The van der Waals surface area contributed by atoms with Crippen molar-refractivity contribution in [2.75, 3.05) is 0 Å². The molecule has 0 saturated carbocycles. The summed E-state index contributed by atoms with van der Waals surface area (Å²) in [6, 6.07) is 9.84. The van der Waals surface area contributed by atoms with Crippen molar-refractivity contribution in [1.82, 2.24) is 15.0 Å². The van der Waals surface area contributed by atoms with Crippen LogP contribution in [0.4, 0.5) is 0 Å². The molecule has 0 aliphatic rings. The lowest BCUT2D eigenvalue weighted by molar-refractivity contribution is -0.136. The number of hydrogen-bond donors (Lipinski definition) is 2. The number of rotatable bonds is 5. The van der Waals surface area contributed by atoms with Gasteiger partial charge in [-0.1, -0.05) is 35.5 Å². The molecule has 1 aromatic heterocycles. The van der Waals surface area contributed by atoms with Crippen molar-refractivity contribution in [2.45, 2.75) is 24.4 Å². The van der Waals surface area contributed by atoms with E-state index in [1.165, 1.54) is 0 Å². The Kier molecular flexibility index (Phi) is 3.99. The van der Waals surface area contributed by atoms with Crippen LogP contribution in [0.15, 0.2) is 35.4 Å². The first kappa shape index (κ1) is 12.6. The van der Waals surface area contributed by atoms with Gasteiger partial charge in [-0.3, -0.25) is 4.79 Å². The van der Waals surface area contributed by atoms with Crippen molar-refractivity contribution < 1.29 is 9.90 Å². The van der Waals surface area contributed by atoms with Gasteiger partial charge in [0.15, 0.2) is 0 Å². The van der Waals surface area contributed by atoms with Crippen LogP contribution in [0.3, 0.4) is 0 Å². The molecule has 2 aromatic rings. The minimum atomic E-state index is -0.847. The van der Waals surface area contributed by atoms with Gasteiger partial charge in [0.2, 0.25) is 0 Å². The van der Waals surface area contributed by atoms with Gasteiger partial charge in [-0.2, -0.15) is 0 Å². The molecule has 1 heterocycles. The molecule has 5 nitrogen and oxygen atoms in total. The summed E-state index contributed by atoms with van der Waals surface area (Å²) in [5.74, 6) is -0.847. The topological polar surface area (TPSA) is 68.0 Å². The van der Waals surface area contributed by atoms with Crippen LogP contribution in [0.5, 0.6) is 0 Å². The molecule has 0 unspecified atom stereocenters. The number of carbonyl (C=O) groups is 1. The third-order valence-electron chi connectivity index (χ3n) is 2.53. The number of aliphatic carboxylic acids is 1. The molecule has 94 valence electrons. The van der Waals surface area contributed by atoms with E-state index in [0.29, 0.717) is 23.7 Å². The number of aryl methyl sites for hydroxylation is 1. The molecule has 0 aliphatic carbocycles. The maximum Gasteiger partial charge on any atom is 0.303 e. The lowest BCUT2D eigenvalue weighted by Gasteiger charge is -2.02. The Balaban J connectivity index is 2.08. The number of thiol groups is 1. The first-order valence-corrected chi connectivity index (χ1v) is 5.98. The number of carboxylic acid groups (broad SMARTS) is 1. The predicted octanol–water partition coefficient (Wildman–Crippen LogP) is 1.63. The van der Waals surface area contributed by atoms with Gasteiger partial charge in [0.1, 0.15) is 5.03 Å². The summed E-state index contributed by atoms with van der Waals surface area (Å²) in [6.07, 6.45) is 0.389. The molecular formula is C12H13N3O2S. The van der Waals surface area contributed by atoms with E-state index >= 15 is 0 Å². The Hall–Kier alpha value is -1.82. The molecule has 0 aliphatic heterocycles. The molecule has 0 spiro atoms. The second-order valence-corrected chi connectivity index (χ2v) is 4.32. The molecule has 0 bridgehead atoms. The smallest absolute Gasteiger partial charge is 0.303 e. The molecule has 0 amide bonds. The van der Waals surface area contributed by atoms with Crippen molar-refractivity contribution in [3.63, 3.8) is 0 Å². The van der Waals surface area contributed by atoms with Crippen molar-refractivity contribution in [1.29, 1.82) is 0 Å². The van der Waals surface area contributed by atoms with Gasteiger partial charge >= 0.3 is 5.97 Å². The first-order chi connectivity index (χ1) is 8.66. The summed E-state index contributed by atoms with van der Waals surface area (Å²) in [5, 5.41) is 17.2. The number of aromatic nitrogens is 3. The normalized spacial score (nSPS) is 10.5. The Bertz CT molecular complexity index is 540. The zero-order valence-corrected chi connectivity index (χ0v) is 10.5. The van der Waals surface area contributed by atoms with Gasteiger partial charge in [0.25, 0.3) is 0 Å². The fraction of sp³-hybridized carbons (Fsp3) is 0.250. The molecular weight excluding hydrogens is 250 g/mol. The minimum Gasteiger partial charge on any atom is -0.481 e. The lowest BCUT2D eigenvalue weighted by Crippen LogP contribution is -2.03. The van der Waals surface area contributed by atoms with Gasteiger partial charge < -0.3 is 5.11 Å². The molecule has 0 atom stereocenters. The number of benzene rings is 1. The van der Waals surface area contributed by atoms with Crippen molar-refractivity contribution >= 4 is 18.6 Å². The highest BCUT2D eigenvalue weighted by molar-refractivity contribution is 7.80. The molecule has 0 fully saturated rings. The predicted molar refractivity (Wildman–Crippen MR) is 68.8 cm³/mol. The van der Waals surface area contributed by atoms with E-state index in [2.05, 4.69) is 22.9 Å². The second kappa shape index (κ2) is 5.68. The van der Waals surface area contributed by atoms with Gasteiger partial charge in [0, 0.05) is 6.42 Å². The Labute approximate surface area is 110 Å². The number of carboxylic acids is 1. The highest BCUT2D eigenvalue weighted by atomic mass is 32.1. The highest BCUT2D eigenvalue weighted by Gasteiger charge is 2.11. The molecule has 6 heteroatoms. The molecule has 1 aromatic carbocycles. The quantitative estimate of drug-likeness (QED) is 0.805. The van der Waals surface area contributed by atoms with E-state index in [4.69, 9.17) is 5.11 Å². The summed E-state index contributed by atoms with van der Waals surface area (Å²) >= 11 is 4.34. The van der Waals surface area contributed by atoms with Crippen molar-refractivity contribution in [2.24, 2.45) is 0 Å². The van der Waals surface area contributed by atoms with E-state index in [1.807, 2.05) is 30.3 Å². The average Bonchev–Trinajstić information content (AvgIpc) is 2.70. The Morgan fingerprint density at radius 2 is 2.06 bits per heavy atom. The molecule has 0 radical (unpaired) electrons. The molecule has 1 N–H and O–H groups in total. The number of hydrogen-bond acceptors (Lipinski definition) is 4. The summed E-state index contributed by atoms with van der Waals surface area (Å²) < 4.78 is 1.66. The Morgan fingerprint density at radius 3 is 2.72 bits per heavy atom. The van der Waals surface area contributed by atoms with E-state index in [-0.39, 0.29) is 6.42 Å². The van der Waals surface area contributed by atoms with Crippen molar-refractivity contribution in [3.05, 3.63) is 41.6 Å². The van der Waals surface area contributed by atoms with E-state index in [9.17, 15) is 4.79 Å². The van der Waals surface area contributed by atoms with Crippen LogP contribution in [-0.2, 0) is 17.8 Å². The van der Waals surface area contributed by atoms with Gasteiger partial charge in [0.05, 0.1) is 18.7 Å². The molecule has 18 heavy (non-hydrogen) atoms. The van der Waals surface area contributed by atoms with Crippen LogP contribution in [0, 0.1) is 0 Å². The molecule has 0 saturated heterocycles. The van der Waals surface area contributed by atoms with E-state index in [1.54, 1.807) is 4.68 Å². The van der Waals surface area contributed by atoms with Gasteiger partial charge in [-0.05, 0) is 5.56 Å². The van der Waals surface area contributed by atoms with Crippen LogP contribution >= 0.6 is 12.6 Å². The van der Waals surface area contributed by atoms with Crippen LogP contribution < -0.4 is 0 Å². The maximum atomic E-state index is 10.5. The SMILES string of the molecule is O=C(O)CCc1nnn(Cc2ccccc2)c1S. The largest absolute Gasteiger partial charge is 0.481 e. The summed E-state index contributed by atoms with van der Waals surface area (Å²) in [7, 11) is 0. The van der Waals surface area contributed by atoms with Crippen LogP contribution in [0.2, 0.25) is 0 Å². The van der Waals surface area contributed by atoms with Crippen LogP contribution in [-0.4, -0.2) is 26.1 Å². The minimum absolute atomic E-state index is 0.0393. The monoisotopic (exact) mass is 263 g/mol. The summed E-state index contributed by atoms with van der Waals surface area (Å²) in [5.41, 5.74) is 1.72. The Morgan fingerprint density at radius 1 is 1.33 bits per heavy atom. The van der Waals surface area contributed by atoms with E-state index < -0.39 is 5.97 Å². The van der Waals surface area contributed by atoms with Crippen LogP contribution in [0.1, 0.15) is 17.7 Å². The molecule has 2 rings (SSSR count). The lowest BCUT2D eigenvalue weighted by atomic mass is 10.2. The van der Waals surface area contributed by atoms with E-state index in [0.717, 1.165) is 5.56 Å². The maximum absolute atomic E-state index is 10.5. The van der Waals surface area contributed by atoms with Gasteiger partial charge in [-0.15, -0.1) is 17.7 Å². The number of nitrogens with zero attached hydrogens (tertiary/aromatic N) is 3. The zero-order valence-electron chi connectivity index (χ0n) is 9.65. The first-order valence-electron chi connectivity index (χ1n) is 5.54. The summed E-state index contributed by atoms with van der Waals surface area (Å²) in [4.78, 5) is 10.5. The van der Waals surface area contributed by atoms with Crippen molar-refractivity contribution in [3.8, 4) is 0 Å². The second-order valence-electron chi connectivity index (χ2n) is 3.90. The average molecular weight is 263 g/mol. The zero-order chi connectivity index (χ0) is 13.0. The summed E-state index contributed by atoms with van der Waals surface area (Å²) in [6.45, 7) is 0.583. The fourth-order valence-electron chi connectivity index (χ4n) is 1.59. The van der Waals surface area contributed by atoms with Gasteiger partial charge in [-0.25, -0.2) is 4.68 Å². The highest BCUT2D eigenvalue weighted by Crippen LogP contribution is 2.14. The standard InChI is InChI=1S/C12H13N3O2S/c16-11(17)7-6-10-12(18)15(14-13-10)8-9-4-2-1-3-5-9/h1-5,18H,6-8H2,(H,16,17). The fourth-order valence-corrected chi connectivity index (χ4v) is 1.86. The third kappa shape index (κ3) is 3.10. The van der Waals surface area contributed by atoms with Crippen LogP contribution in [0.25, 0.3) is 0 Å².